The molecule has 0 spiro atoms. The van der Waals surface area contributed by atoms with E-state index in [-0.39, 0.29) is 10.6 Å². The average molecular weight is 288 g/mol. The van der Waals surface area contributed by atoms with Crippen molar-refractivity contribution in [3.8, 4) is 0 Å². The number of sulfonamides is 1. The van der Waals surface area contributed by atoms with Crippen LogP contribution in [0.2, 0.25) is 0 Å². The third kappa shape index (κ3) is 3.14. The Labute approximate surface area is 111 Å². The molecule has 3 N–H and O–H groups in total. The predicted octanol–water partition coefficient (Wildman–Crippen LogP) is 0.560. The number of carboxylic acid groups (broad SMARTS) is 1. The number of hydrogen-bond donors (Lipinski definition) is 3. The molecule has 1 aromatic heterocycles. The Morgan fingerprint density at radius 3 is 2.84 bits per heavy atom. The van der Waals surface area contributed by atoms with Crippen LogP contribution in [0, 0.1) is 0 Å². The fourth-order valence-electron chi connectivity index (χ4n) is 2.05. The maximum atomic E-state index is 12.2. The van der Waals surface area contributed by atoms with Crippen molar-refractivity contribution in [2.45, 2.75) is 30.2 Å². The largest absolute Gasteiger partial charge is 0.477 e. The summed E-state index contributed by atoms with van der Waals surface area (Å²) in [6.07, 6.45) is 2.63. The first kappa shape index (κ1) is 14.0. The lowest BCUT2D eigenvalue weighted by atomic mass is 9.97. The molecule has 0 amide bonds. The third-order valence-corrected chi connectivity index (χ3v) is 4.63. The summed E-state index contributed by atoms with van der Waals surface area (Å²) in [6, 6.07) is 1.09. The first-order valence-electron chi connectivity index (χ1n) is 5.86. The van der Waals surface area contributed by atoms with Gasteiger partial charge < -0.3 is 14.8 Å². The molecule has 8 heteroatoms. The highest BCUT2D eigenvalue weighted by Crippen LogP contribution is 2.22. The zero-order valence-electron chi connectivity index (χ0n) is 10.5. The fraction of sp³-hybridized carbons (Fsp3) is 0.545. The van der Waals surface area contributed by atoms with Gasteiger partial charge >= 0.3 is 5.97 Å². The standard InChI is InChI=1S/C11H16N2O5S/c1-11(3-2-4-18-7-11)13-19(16,17)8-5-9(10(14)15)12-6-8/h5-6,12-13H,2-4,7H2,1H3,(H,14,15). The van der Waals surface area contributed by atoms with Crippen molar-refractivity contribution in [1.29, 1.82) is 0 Å². The Hall–Kier alpha value is -1.38. The smallest absolute Gasteiger partial charge is 0.352 e. The highest BCUT2D eigenvalue weighted by molar-refractivity contribution is 7.89. The van der Waals surface area contributed by atoms with Crippen LogP contribution in [-0.2, 0) is 14.8 Å². The van der Waals surface area contributed by atoms with Crippen LogP contribution in [0.1, 0.15) is 30.3 Å². The van der Waals surface area contributed by atoms with Crippen LogP contribution in [-0.4, -0.2) is 43.2 Å². The zero-order valence-corrected chi connectivity index (χ0v) is 11.3. The van der Waals surface area contributed by atoms with Gasteiger partial charge in [-0.05, 0) is 25.8 Å². The molecule has 0 aliphatic carbocycles. The van der Waals surface area contributed by atoms with Gasteiger partial charge in [-0.15, -0.1) is 0 Å². The monoisotopic (exact) mass is 288 g/mol. The van der Waals surface area contributed by atoms with E-state index in [0.717, 1.165) is 12.5 Å². The van der Waals surface area contributed by atoms with Crippen molar-refractivity contribution in [3.05, 3.63) is 18.0 Å². The van der Waals surface area contributed by atoms with Gasteiger partial charge in [-0.25, -0.2) is 17.9 Å². The second-order valence-corrected chi connectivity index (χ2v) is 6.56. The summed E-state index contributed by atoms with van der Waals surface area (Å²) in [5.41, 5.74) is -0.817. The van der Waals surface area contributed by atoms with Gasteiger partial charge in [-0.3, -0.25) is 0 Å². The molecule has 0 radical (unpaired) electrons. The predicted molar refractivity (Wildman–Crippen MR) is 66.5 cm³/mol. The van der Waals surface area contributed by atoms with Crippen LogP contribution < -0.4 is 4.72 Å². The molecule has 106 valence electrons. The summed E-state index contributed by atoms with van der Waals surface area (Å²) in [5.74, 6) is -1.20. The number of aromatic carboxylic acids is 1. The molecule has 19 heavy (non-hydrogen) atoms. The number of nitrogens with one attached hydrogen (secondary N) is 2. The minimum absolute atomic E-state index is 0.0864. The molecule has 7 nitrogen and oxygen atoms in total. The lowest BCUT2D eigenvalue weighted by Crippen LogP contribution is -2.51. The van der Waals surface area contributed by atoms with E-state index < -0.39 is 21.5 Å². The Kier molecular flexibility index (Phi) is 3.66. The van der Waals surface area contributed by atoms with Gasteiger partial charge in [-0.2, -0.15) is 0 Å². The summed E-state index contributed by atoms with van der Waals surface area (Å²) in [7, 11) is -3.76. The van der Waals surface area contributed by atoms with Crippen LogP contribution >= 0.6 is 0 Å². The zero-order chi connectivity index (χ0) is 14.1. The number of aromatic amines is 1. The molecule has 1 atom stereocenters. The molecule has 1 aromatic rings. The van der Waals surface area contributed by atoms with Gasteiger partial charge in [0.2, 0.25) is 10.0 Å². The molecule has 1 unspecified atom stereocenters. The van der Waals surface area contributed by atoms with Crippen LogP contribution in [0.15, 0.2) is 17.2 Å². The number of rotatable bonds is 4. The summed E-state index contributed by atoms with van der Waals surface area (Å²) in [6.45, 7) is 2.71. The van der Waals surface area contributed by atoms with Gasteiger partial charge in [0.25, 0.3) is 0 Å². The van der Waals surface area contributed by atoms with E-state index in [1.165, 1.54) is 6.20 Å². The maximum absolute atomic E-state index is 12.2. The van der Waals surface area contributed by atoms with E-state index in [1.807, 2.05) is 0 Å². The number of ether oxygens (including phenoxy) is 1. The van der Waals surface area contributed by atoms with Crippen molar-refractivity contribution < 1.29 is 23.1 Å². The Balaban J connectivity index is 2.19. The lowest BCUT2D eigenvalue weighted by Gasteiger charge is -2.33. The van der Waals surface area contributed by atoms with Gasteiger partial charge in [-0.1, -0.05) is 0 Å². The van der Waals surface area contributed by atoms with E-state index >= 15 is 0 Å². The summed E-state index contributed by atoms with van der Waals surface area (Å²) in [4.78, 5) is 13.1. The molecule has 1 saturated heterocycles. The Bertz CT molecular complexity index is 572. The maximum Gasteiger partial charge on any atom is 0.352 e. The summed E-state index contributed by atoms with van der Waals surface area (Å²) >= 11 is 0. The molecule has 1 aliphatic rings. The number of aromatic nitrogens is 1. The molecule has 2 rings (SSSR count). The SMILES string of the molecule is CC1(NS(=O)(=O)c2c[nH]c(C(=O)O)c2)CCCOC1. The normalized spacial score (nSPS) is 24.3. The molecule has 1 fully saturated rings. The topological polar surface area (TPSA) is 108 Å². The summed E-state index contributed by atoms with van der Waals surface area (Å²) < 4.78 is 32.2. The van der Waals surface area contributed by atoms with Crippen LogP contribution in [0.3, 0.4) is 0 Å². The minimum atomic E-state index is -3.76. The number of carboxylic acids is 1. The second-order valence-electron chi connectivity index (χ2n) is 4.88. The van der Waals surface area contributed by atoms with Gasteiger partial charge in [0.1, 0.15) is 10.6 Å². The van der Waals surface area contributed by atoms with Crippen molar-refractivity contribution >= 4 is 16.0 Å². The number of H-pyrrole nitrogens is 1. The van der Waals surface area contributed by atoms with E-state index in [1.54, 1.807) is 6.92 Å². The van der Waals surface area contributed by atoms with Gasteiger partial charge in [0, 0.05) is 12.8 Å². The Morgan fingerprint density at radius 1 is 1.58 bits per heavy atom. The first-order valence-corrected chi connectivity index (χ1v) is 7.34. The highest BCUT2D eigenvalue weighted by Gasteiger charge is 2.33. The number of carbonyl (C=O) groups is 1. The minimum Gasteiger partial charge on any atom is -0.477 e. The molecular weight excluding hydrogens is 272 g/mol. The van der Waals surface area contributed by atoms with Gasteiger partial charge in [0.05, 0.1) is 12.1 Å². The van der Waals surface area contributed by atoms with Gasteiger partial charge in [0.15, 0.2) is 0 Å². The highest BCUT2D eigenvalue weighted by atomic mass is 32.2. The van der Waals surface area contributed by atoms with Crippen molar-refractivity contribution in [2.75, 3.05) is 13.2 Å². The second kappa shape index (κ2) is 4.95. The molecule has 0 saturated carbocycles. The van der Waals surface area contributed by atoms with Crippen molar-refractivity contribution in [1.82, 2.24) is 9.71 Å². The third-order valence-electron chi connectivity index (χ3n) is 3.02. The van der Waals surface area contributed by atoms with Crippen LogP contribution in [0.4, 0.5) is 0 Å². The van der Waals surface area contributed by atoms with E-state index in [0.29, 0.717) is 19.6 Å². The first-order chi connectivity index (χ1) is 8.82. The quantitative estimate of drug-likeness (QED) is 0.750. The van der Waals surface area contributed by atoms with Crippen molar-refractivity contribution in [2.24, 2.45) is 0 Å². The van der Waals surface area contributed by atoms with E-state index in [9.17, 15) is 13.2 Å². The van der Waals surface area contributed by atoms with Crippen molar-refractivity contribution in [3.63, 3.8) is 0 Å². The Morgan fingerprint density at radius 2 is 2.32 bits per heavy atom. The molecule has 0 bridgehead atoms. The lowest BCUT2D eigenvalue weighted by molar-refractivity contribution is 0.0386. The summed E-state index contributed by atoms with van der Waals surface area (Å²) in [5, 5.41) is 8.77. The van der Waals surface area contributed by atoms with E-state index in [4.69, 9.17) is 9.84 Å². The molecule has 0 aromatic carbocycles. The average Bonchev–Trinajstić information content (AvgIpc) is 2.78. The van der Waals surface area contributed by atoms with E-state index in [2.05, 4.69) is 9.71 Å². The van der Waals surface area contributed by atoms with Crippen LogP contribution in [0.5, 0.6) is 0 Å². The van der Waals surface area contributed by atoms with Crippen LogP contribution in [0.25, 0.3) is 0 Å². The fourth-order valence-corrected chi connectivity index (χ4v) is 3.47. The number of hydrogen-bond acceptors (Lipinski definition) is 4. The molecule has 2 heterocycles. The molecular formula is C11H16N2O5S. The molecule has 1 aliphatic heterocycles.